The SMILES string of the molecule is Cc1ccccc1N(C)CC1(CNCC(C)C)CCOC1. The molecule has 1 aliphatic rings. The number of rotatable bonds is 7. The standard InChI is InChI=1S/C18H30N2O/c1-15(2)11-19-12-18(9-10-21-14-18)13-20(4)17-8-6-5-7-16(17)3/h5-8,15,19H,9-14H2,1-4H3. The van der Waals surface area contributed by atoms with Crippen molar-refractivity contribution in [3.05, 3.63) is 29.8 Å². The molecule has 3 nitrogen and oxygen atoms in total. The molecule has 0 bridgehead atoms. The first-order valence-electron chi connectivity index (χ1n) is 8.08. The number of hydrogen-bond donors (Lipinski definition) is 1. The van der Waals surface area contributed by atoms with Gasteiger partial charge in [0.15, 0.2) is 0 Å². The second-order valence-corrected chi connectivity index (χ2v) is 6.97. The lowest BCUT2D eigenvalue weighted by atomic mass is 9.86. The lowest BCUT2D eigenvalue weighted by Gasteiger charge is -2.34. The minimum atomic E-state index is 0.242. The molecule has 0 radical (unpaired) electrons. The lowest BCUT2D eigenvalue weighted by Crippen LogP contribution is -2.44. The van der Waals surface area contributed by atoms with Crippen LogP contribution in [-0.2, 0) is 4.74 Å². The van der Waals surface area contributed by atoms with Gasteiger partial charge >= 0.3 is 0 Å². The maximum atomic E-state index is 5.72. The Kier molecular flexibility index (Phi) is 5.65. The molecule has 0 spiro atoms. The Morgan fingerprint density at radius 1 is 1.33 bits per heavy atom. The van der Waals surface area contributed by atoms with Gasteiger partial charge in [-0.3, -0.25) is 0 Å². The third-order valence-corrected chi connectivity index (χ3v) is 4.34. The summed E-state index contributed by atoms with van der Waals surface area (Å²) in [5.41, 5.74) is 2.91. The summed E-state index contributed by atoms with van der Waals surface area (Å²) in [5, 5.41) is 3.63. The van der Waals surface area contributed by atoms with Gasteiger partial charge < -0.3 is 15.0 Å². The van der Waals surface area contributed by atoms with Crippen molar-refractivity contribution in [3.63, 3.8) is 0 Å². The number of aryl methyl sites for hydroxylation is 1. The van der Waals surface area contributed by atoms with Crippen LogP contribution in [0.2, 0.25) is 0 Å². The molecular weight excluding hydrogens is 260 g/mol. The van der Waals surface area contributed by atoms with Crippen molar-refractivity contribution < 1.29 is 4.74 Å². The molecule has 0 amide bonds. The van der Waals surface area contributed by atoms with Gasteiger partial charge in [-0.15, -0.1) is 0 Å². The number of nitrogens with zero attached hydrogens (tertiary/aromatic N) is 1. The van der Waals surface area contributed by atoms with Crippen LogP contribution in [0.25, 0.3) is 0 Å². The summed E-state index contributed by atoms with van der Waals surface area (Å²) in [4.78, 5) is 2.39. The molecule has 1 unspecified atom stereocenters. The van der Waals surface area contributed by atoms with Crippen LogP contribution in [0.4, 0.5) is 5.69 Å². The summed E-state index contributed by atoms with van der Waals surface area (Å²) in [7, 11) is 2.20. The number of anilines is 1. The highest BCUT2D eigenvalue weighted by Crippen LogP contribution is 2.31. The zero-order chi connectivity index (χ0) is 15.3. The van der Waals surface area contributed by atoms with Gasteiger partial charge in [-0.1, -0.05) is 32.0 Å². The first-order chi connectivity index (χ1) is 10.0. The average Bonchev–Trinajstić information content (AvgIpc) is 2.87. The molecule has 2 rings (SSSR count). The summed E-state index contributed by atoms with van der Waals surface area (Å²) in [5.74, 6) is 0.693. The van der Waals surface area contributed by atoms with Crippen LogP contribution in [0.3, 0.4) is 0 Å². The Morgan fingerprint density at radius 3 is 2.71 bits per heavy atom. The van der Waals surface area contributed by atoms with Crippen molar-refractivity contribution >= 4 is 5.69 Å². The average molecular weight is 290 g/mol. The summed E-state index contributed by atoms with van der Waals surface area (Å²) < 4.78 is 5.72. The lowest BCUT2D eigenvalue weighted by molar-refractivity contribution is 0.152. The minimum absolute atomic E-state index is 0.242. The predicted octanol–water partition coefficient (Wildman–Crippen LogP) is 3.08. The van der Waals surface area contributed by atoms with E-state index in [1.54, 1.807) is 0 Å². The number of nitrogens with one attached hydrogen (secondary N) is 1. The van der Waals surface area contributed by atoms with E-state index in [-0.39, 0.29) is 5.41 Å². The van der Waals surface area contributed by atoms with E-state index in [1.165, 1.54) is 11.3 Å². The molecule has 1 saturated heterocycles. The topological polar surface area (TPSA) is 24.5 Å². The van der Waals surface area contributed by atoms with E-state index in [4.69, 9.17) is 4.74 Å². The van der Waals surface area contributed by atoms with E-state index < -0.39 is 0 Å². The second kappa shape index (κ2) is 7.28. The summed E-state index contributed by atoms with van der Waals surface area (Å²) in [6.45, 7) is 11.6. The molecule has 1 fully saturated rings. The predicted molar refractivity (Wildman–Crippen MR) is 90.0 cm³/mol. The van der Waals surface area contributed by atoms with Gasteiger partial charge in [0.25, 0.3) is 0 Å². The molecule has 1 aromatic rings. The fourth-order valence-electron chi connectivity index (χ4n) is 3.18. The van der Waals surface area contributed by atoms with E-state index in [0.29, 0.717) is 5.92 Å². The van der Waals surface area contributed by atoms with Gasteiger partial charge in [-0.25, -0.2) is 0 Å². The van der Waals surface area contributed by atoms with E-state index >= 15 is 0 Å². The monoisotopic (exact) mass is 290 g/mol. The van der Waals surface area contributed by atoms with E-state index in [0.717, 1.165) is 39.3 Å². The summed E-state index contributed by atoms with van der Waals surface area (Å²) >= 11 is 0. The van der Waals surface area contributed by atoms with E-state index in [2.05, 4.69) is 62.3 Å². The molecule has 1 aliphatic heterocycles. The maximum Gasteiger partial charge on any atom is 0.0552 e. The Labute approximate surface area is 129 Å². The zero-order valence-electron chi connectivity index (χ0n) is 14.0. The van der Waals surface area contributed by atoms with Crippen LogP contribution in [0.15, 0.2) is 24.3 Å². The van der Waals surface area contributed by atoms with Crippen molar-refractivity contribution in [1.82, 2.24) is 5.32 Å². The fourth-order valence-corrected chi connectivity index (χ4v) is 3.18. The molecule has 1 heterocycles. The first kappa shape index (κ1) is 16.3. The molecule has 118 valence electrons. The van der Waals surface area contributed by atoms with Crippen LogP contribution in [0.5, 0.6) is 0 Å². The zero-order valence-corrected chi connectivity index (χ0v) is 14.0. The number of benzene rings is 1. The molecule has 0 saturated carbocycles. The molecule has 1 atom stereocenters. The van der Waals surface area contributed by atoms with Crippen LogP contribution in [0, 0.1) is 18.3 Å². The van der Waals surface area contributed by atoms with Crippen molar-refractivity contribution in [2.45, 2.75) is 27.2 Å². The Morgan fingerprint density at radius 2 is 2.10 bits per heavy atom. The molecule has 0 aromatic heterocycles. The van der Waals surface area contributed by atoms with Gasteiger partial charge in [-0.2, -0.15) is 0 Å². The van der Waals surface area contributed by atoms with Crippen LogP contribution in [0.1, 0.15) is 25.8 Å². The van der Waals surface area contributed by atoms with Crippen molar-refractivity contribution in [3.8, 4) is 0 Å². The highest BCUT2D eigenvalue weighted by molar-refractivity contribution is 5.52. The second-order valence-electron chi connectivity index (χ2n) is 6.97. The summed E-state index contributed by atoms with van der Waals surface area (Å²) in [6.07, 6.45) is 1.15. The van der Waals surface area contributed by atoms with Gasteiger partial charge in [0.2, 0.25) is 0 Å². The summed E-state index contributed by atoms with van der Waals surface area (Å²) in [6, 6.07) is 8.61. The molecule has 1 aromatic carbocycles. The molecule has 0 aliphatic carbocycles. The Bertz CT molecular complexity index is 439. The molecule has 1 N–H and O–H groups in total. The number of ether oxygens (including phenoxy) is 1. The smallest absolute Gasteiger partial charge is 0.0552 e. The van der Waals surface area contributed by atoms with E-state index in [1.807, 2.05) is 0 Å². The van der Waals surface area contributed by atoms with Gasteiger partial charge in [-0.05, 0) is 37.4 Å². The van der Waals surface area contributed by atoms with Crippen molar-refractivity contribution in [2.24, 2.45) is 11.3 Å². The van der Waals surface area contributed by atoms with Crippen LogP contribution >= 0.6 is 0 Å². The van der Waals surface area contributed by atoms with Crippen LogP contribution in [-0.4, -0.2) is 39.9 Å². The third-order valence-electron chi connectivity index (χ3n) is 4.34. The Hall–Kier alpha value is -1.06. The minimum Gasteiger partial charge on any atom is -0.381 e. The largest absolute Gasteiger partial charge is 0.381 e. The normalized spacial score (nSPS) is 22.0. The Balaban J connectivity index is 2.00. The number of para-hydroxylation sites is 1. The first-order valence-corrected chi connectivity index (χ1v) is 8.08. The van der Waals surface area contributed by atoms with Crippen LogP contribution < -0.4 is 10.2 Å². The highest BCUT2D eigenvalue weighted by atomic mass is 16.5. The molecule has 21 heavy (non-hydrogen) atoms. The van der Waals surface area contributed by atoms with Gasteiger partial charge in [0.1, 0.15) is 0 Å². The van der Waals surface area contributed by atoms with Crippen molar-refractivity contribution in [1.29, 1.82) is 0 Å². The van der Waals surface area contributed by atoms with Crippen molar-refractivity contribution in [2.75, 3.05) is 44.8 Å². The molecular formula is C18H30N2O. The molecule has 3 heteroatoms. The maximum absolute atomic E-state index is 5.72. The number of hydrogen-bond acceptors (Lipinski definition) is 3. The highest BCUT2D eigenvalue weighted by Gasteiger charge is 2.36. The quantitative estimate of drug-likeness (QED) is 0.835. The van der Waals surface area contributed by atoms with Gasteiger partial charge in [0.05, 0.1) is 6.61 Å². The van der Waals surface area contributed by atoms with Gasteiger partial charge in [0, 0.05) is 37.8 Å². The van der Waals surface area contributed by atoms with E-state index in [9.17, 15) is 0 Å². The third kappa shape index (κ3) is 4.45. The fraction of sp³-hybridized carbons (Fsp3) is 0.667.